The van der Waals surface area contributed by atoms with E-state index in [0.717, 1.165) is 0 Å². The number of rotatable bonds is 5. The first-order chi connectivity index (χ1) is 20.1. The average molecular weight is 626 g/mol. The Morgan fingerprint density at radius 3 is 2.50 bits per heavy atom. The van der Waals surface area contributed by atoms with Gasteiger partial charge in [-0.05, 0) is 49.4 Å². The highest BCUT2D eigenvalue weighted by Gasteiger charge is 2.32. The number of amides is 1. The number of methoxy groups -OCH3 is 1. The summed E-state index contributed by atoms with van der Waals surface area (Å²) in [5, 5.41) is 11.1. The normalized spacial score (nSPS) is 15.0. The second-order valence-electron chi connectivity index (χ2n) is 9.75. The summed E-state index contributed by atoms with van der Waals surface area (Å²) in [6, 6.07) is 14.6. The predicted molar refractivity (Wildman–Crippen MR) is 165 cm³/mol. The highest BCUT2D eigenvalue weighted by molar-refractivity contribution is 6.35. The van der Waals surface area contributed by atoms with Gasteiger partial charge in [0, 0.05) is 41.6 Å². The number of carbonyl (C=O) groups excluding carboxylic acids is 1. The average Bonchev–Trinajstić information content (AvgIpc) is 2.98. The molecule has 4 aromatic rings. The van der Waals surface area contributed by atoms with Gasteiger partial charge in [0.05, 0.1) is 39.6 Å². The third-order valence-corrected chi connectivity index (χ3v) is 8.31. The smallest absolute Gasteiger partial charge is 0.275 e. The van der Waals surface area contributed by atoms with Crippen molar-refractivity contribution in [3.8, 4) is 28.6 Å². The van der Waals surface area contributed by atoms with E-state index in [4.69, 9.17) is 39.5 Å². The fourth-order valence-corrected chi connectivity index (χ4v) is 6.07. The SMILES string of the molecule is C=CC(=O)N1CCN(c2c(C#N)c(=O)n(-c3ccccc3Cl)c3cc(-c4c(OC)ccc(Cl)c4F)c(Cl)cc23)[C@@H](C)C1. The van der Waals surface area contributed by atoms with Crippen molar-refractivity contribution in [2.75, 3.05) is 31.6 Å². The molecule has 1 atom stereocenters. The van der Waals surface area contributed by atoms with Gasteiger partial charge in [-0.15, -0.1) is 0 Å². The molecular weight excluding hydrogens is 602 g/mol. The second-order valence-corrected chi connectivity index (χ2v) is 11.0. The molecule has 1 fully saturated rings. The maximum absolute atomic E-state index is 15.5. The monoisotopic (exact) mass is 624 g/mol. The maximum Gasteiger partial charge on any atom is 0.275 e. The minimum atomic E-state index is -0.741. The molecule has 11 heteroatoms. The molecule has 1 amide bonds. The number of pyridine rings is 1. The van der Waals surface area contributed by atoms with Crippen LogP contribution in [0, 0.1) is 17.1 Å². The van der Waals surface area contributed by atoms with Gasteiger partial charge in [-0.1, -0.05) is 53.5 Å². The van der Waals surface area contributed by atoms with Crippen molar-refractivity contribution >= 4 is 57.3 Å². The zero-order chi connectivity index (χ0) is 30.3. The zero-order valence-corrected chi connectivity index (χ0v) is 24.9. The molecule has 1 aliphatic heterocycles. The van der Waals surface area contributed by atoms with Crippen LogP contribution in [0.5, 0.6) is 5.75 Å². The van der Waals surface area contributed by atoms with Gasteiger partial charge in [0.2, 0.25) is 5.91 Å². The first-order valence-corrected chi connectivity index (χ1v) is 14.0. The molecule has 2 heterocycles. The van der Waals surface area contributed by atoms with Crippen LogP contribution in [0.15, 0.2) is 66.0 Å². The summed E-state index contributed by atoms with van der Waals surface area (Å²) in [5.41, 5.74) is 0.547. The number of benzene rings is 3. The Morgan fingerprint density at radius 2 is 1.86 bits per heavy atom. The van der Waals surface area contributed by atoms with Gasteiger partial charge in [-0.2, -0.15) is 5.26 Å². The quantitative estimate of drug-likeness (QED) is 0.227. The van der Waals surface area contributed by atoms with Crippen molar-refractivity contribution in [2.24, 2.45) is 0 Å². The summed E-state index contributed by atoms with van der Waals surface area (Å²) < 4.78 is 22.3. The molecule has 0 radical (unpaired) electrons. The molecule has 3 aromatic carbocycles. The molecule has 0 aliphatic carbocycles. The number of hydrogen-bond acceptors (Lipinski definition) is 5. The molecule has 0 unspecified atom stereocenters. The van der Waals surface area contributed by atoms with Crippen LogP contribution in [0.1, 0.15) is 12.5 Å². The molecule has 0 saturated carbocycles. The summed E-state index contributed by atoms with van der Waals surface area (Å²) in [6.07, 6.45) is 1.26. The van der Waals surface area contributed by atoms with Crippen LogP contribution in [-0.2, 0) is 4.79 Å². The third kappa shape index (κ3) is 4.88. The number of nitrogens with zero attached hydrogens (tertiary/aromatic N) is 4. The Balaban J connectivity index is 1.88. The molecule has 42 heavy (non-hydrogen) atoms. The minimum absolute atomic E-state index is 0.0193. The van der Waals surface area contributed by atoms with E-state index in [1.54, 1.807) is 41.3 Å². The van der Waals surface area contributed by atoms with Crippen molar-refractivity contribution < 1.29 is 13.9 Å². The molecule has 1 aliphatic rings. The zero-order valence-electron chi connectivity index (χ0n) is 22.6. The summed E-state index contributed by atoms with van der Waals surface area (Å²) in [4.78, 5) is 30.0. The van der Waals surface area contributed by atoms with Gasteiger partial charge in [0.15, 0.2) is 5.82 Å². The largest absolute Gasteiger partial charge is 0.496 e. The predicted octanol–water partition coefficient (Wildman–Crippen LogP) is 6.86. The van der Waals surface area contributed by atoms with Crippen molar-refractivity contribution in [1.82, 2.24) is 9.47 Å². The van der Waals surface area contributed by atoms with Crippen molar-refractivity contribution in [3.05, 3.63) is 98.0 Å². The molecule has 214 valence electrons. The molecule has 0 bridgehead atoms. The topological polar surface area (TPSA) is 78.6 Å². The molecule has 1 aromatic heterocycles. The van der Waals surface area contributed by atoms with E-state index < -0.39 is 11.4 Å². The van der Waals surface area contributed by atoms with Crippen LogP contribution in [-0.4, -0.2) is 48.2 Å². The third-order valence-electron chi connectivity index (χ3n) is 7.39. The highest BCUT2D eigenvalue weighted by atomic mass is 35.5. The Hall–Kier alpha value is -4.03. The Labute approximate surface area is 256 Å². The van der Waals surface area contributed by atoms with Gasteiger partial charge in [-0.3, -0.25) is 14.2 Å². The van der Waals surface area contributed by atoms with E-state index in [2.05, 4.69) is 12.6 Å². The molecular formula is C31H24Cl3FN4O3. The lowest BCUT2D eigenvalue weighted by molar-refractivity contribution is -0.126. The first-order valence-electron chi connectivity index (χ1n) is 12.9. The van der Waals surface area contributed by atoms with E-state index in [0.29, 0.717) is 41.9 Å². The van der Waals surface area contributed by atoms with Crippen molar-refractivity contribution in [2.45, 2.75) is 13.0 Å². The lowest BCUT2D eigenvalue weighted by Crippen LogP contribution is -2.54. The summed E-state index contributed by atoms with van der Waals surface area (Å²) in [7, 11) is 1.40. The van der Waals surface area contributed by atoms with Crippen LogP contribution in [0.4, 0.5) is 10.1 Å². The summed E-state index contributed by atoms with van der Waals surface area (Å²) >= 11 is 19.5. The standard InChI is InChI=1S/C31H24Cl3FN4O3/c1-4-27(40)37-11-12-38(17(2)16-37)30-19-13-23(34)18(28-26(42-3)10-9-22(33)29(28)35)14-25(19)39(31(41)20(30)15-36)24-8-6-5-7-21(24)32/h4-10,13-14,17H,1,11-12,16H2,2-3H3/t17-/m0/s1. The Bertz CT molecular complexity index is 1870. The number of para-hydroxylation sites is 1. The van der Waals surface area contributed by atoms with Crippen LogP contribution < -0.4 is 15.2 Å². The van der Waals surface area contributed by atoms with Crippen molar-refractivity contribution in [1.29, 1.82) is 5.26 Å². The van der Waals surface area contributed by atoms with Crippen LogP contribution >= 0.6 is 34.8 Å². The maximum atomic E-state index is 15.5. The van der Waals surface area contributed by atoms with Gasteiger partial charge < -0.3 is 14.5 Å². The number of ether oxygens (including phenoxy) is 1. The number of anilines is 1. The van der Waals surface area contributed by atoms with Gasteiger partial charge in [0.25, 0.3) is 5.56 Å². The lowest BCUT2D eigenvalue weighted by Gasteiger charge is -2.41. The molecule has 7 nitrogen and oxygen atoms in total. The summed E-state index contributed by atoms with van der Waals surface area (Å²) in [5.74, 6) is -0.754. The van der Waals surface area contributed by atoms with E-state index in [-0.39, 0.29) is 49.5 Å². The van der Waals surface area contributed by atoms with Gasteiger partial charge in [0.1, 0.15) is 17.4 Å². The fourth-order valence-electron chi connectivity index (χ4n) is 5.43. The Morgan fingerprint density at radius 1 is 1.12 bits per heavy atom. The number of halogens is 4. The number of carbonyl (C=O) groups is 1. The van der Waals surface area contributed by atoms with Gasteiger partial charge >= 0.3 is 0 Å². The minimum Gasteiger partial charge on any atom is -0.496 e. The van der Waals surface area contributed by atoms with E-state index in [1.165, 1.54) is 29.9 Å². The summed E-state index contributed by atoms with van der Waals surface area (Å²) in [6.45, 7) is 6.51. The van der Waals surface area contributed by atoms with E-state index in [9.17, 15) is 14.9 Å². The number of aromatic nitrogens is 1. The van der Waals surface area contributed by atoms with E-state index >= 15 is 4.39 Å². The number of fused-ring (bicyclic) bond motifs is 1. The number of nitriles is 1. The van der Waals surface area contributed by atoms with Crippen LogP contribution in [0.3, 0.4) is 0 Å². The van der Waals surface area contributed by atoms with Crippen LogP contribution in [0.25, 0.3) is 27.7 Å². The van der Waals surface area contributed by atoms with Gasteiger partial charge in [-0.25, -0.2) is 4.39 Å². The highest BCUT2D eigenvalue weighted by Crippen LogP contribution is 2.44. The molecule has 1 saturated heterocycles. The second kappa shape index (κ2) is 11.7. The molecule has 0 N–H and O–H groups in total. The first kappa shape index (κ1) is 29.5. The number of piperazine rings is 1. The fraction of sp³-hybridized carbons (Fsp3) is 0.194. The van der Waals surface area contributed by atoms with Crippen LogP contribution in [0.2, 0.25) is 15.1 Å². The van der Waals surface area contributed by atoms with E-state index in [1.807, 2.05) is 11.8 Å². The molecule has 0 spiro atoms. The molecule has 5 rings (SSSR count). The lowest BCUT2D eigenvalue weighted by atomic mass is 9.98. The van der Waals surface area contributed by atoms with Crippen molar-refractivity contribution in [3.63, 3.8) is 0 Å². The number of hydrogen-bond donors (Lipinski definition) is 0. The Kier molecular flexibility index (Phi) is 8.20.